The Balaban J connectivity index is 1.13. The van der Waals surface area contributed by atoms with Crippen molar-refractivity contribution in [2.75, 3.05) is 32.8 Å². The maximum atomic E-state index is 13.0. The van der Waals surface area contributed by atoms with E-state index in [4.69, 9.17) is 4.74 Å². The molecule has 2 atom stereocenters. The highest BCUT2D eigenvalue weighted by molar-refractivity contribution is 5.83. The van der Waals surface area contributed by atoms with E-state index in [1.165, 1.54) is 55.1 Å². The number of H-pyrrole nitrogens is 1. The van der Waals surface area contributed by atoms with Crippen molar-refractivity contribution in [2.45, 2.75) is 75.9 Å². The van der Waals surface area contributed by atoms with E-state index >= 15 is 0 Å². The van der Waals surface area contributed by atoms with Crippen LogP contribution in [-0.2, 0) is 16.0 Å². The average molecular weight is 424 g/mol. The van der Waals surface area contributed by atoms with E-state index in [-0.39, 0.29) is 0 Å². The Morgan fingerprint density at radius 3 is 2.84 bits per heavy atom. The van der Waals surface area contributed by atoms with Crippen LogP contribution < -0.4 is 0 Å². The number of aromatic amines is 1. The van der Waals surface area contributed by atoms with Crippen molar-refractivity contribution in [3.63, 3.8) is 0 Å². The summed E-state index contributed by atoms with van der Waals surface area (Å²) in [6.45, 7) is 5.10. The number of nitrogens with one attached hydrogen (secondary N) is 1. The molecule has 31 heavy (non-hydrogen) atoms. The molecule has 0 saturated carbocycles. The standard InChI is InChI=1S/C26H37N3O2/c30-25(11-3-7-21-19-27-24-10-2-1-9-23(21)24)28-15-5-12-26(14-17-28)13-6-16-29(26)20-22-8-4-18-31-22/h1-2,9-10,19,22,27H,3-8,11-18,20H2/t22-,26-/m0/s1. The molecule has 3 aliphatic rings. The third-order valence-electron chi connectivity index (χ3n) is 7.97. The number of ether oxygens (including phenoxy) is 1. The summed E-state index contributed by atoms with van der Waals surface area (Å²) in [7, 11) is 0. The van der Waals surface area contributed by atoms with Gasteiger partial charge in [-0.1, -0.05) is 18.2 Å². The molecule has 1 aromatic carbocycles. The number of aromatic nitrogens is 1. The summed E-state index contributed by atoms with van der Waals surface area (Å²) in [6, 6.07) is 8.43. The molecule has 3 saturated heterocycles. The molecule has 4 heterocycles. The van der Waals surface area contributed by atoms with Crippen molar-refractivity contribution >= 4 is 16.8 Å². The minimum Gasteiger partial charge on any atom is -0.377 e. The lowest BCUT2D eigenvalue weighted by molar-refractivity contribution is -0.131. The number of carbonyl (C=O) groups excluding carboxylic acids is 1. The number of amides is 1. The van der Waals surface area contributed by atoms with Crippen LogP contribution in [0.4, 0.5) is 0 Å². The average Bonchev–Trinajstić information content (AvgIpc) is 3.49. The predicted molar refractivity (Wildman–Crippen MR) is 124 cm³/mol. The lowest BCUT2D eigenvalue weighted by atomic mass is 9.87. The van der Waals surface area contributed by atoms with Crippen molar-refractivity contribution in [3.8, 4) is 0 Å². The number of carbonyl (C=O) groups is 1. The van der Waals surface area contributed by atoms with Gasteiger partial charge in [-0.05, 0) is 76.0 Å². The van der Waals surface area contributed by atoms with Gasteiger partial charge in [0.25, 0.3) is 0 Å². The number of fused-ring (bicyclic) bond motifs is 1. The SMILES string of the molecule is O=C(CCCc1c[nH]c2ccccc12)N1CCC[C@]2(CCCN2C[C@@H]2CCCO2)CC1. The molecule has 2 aromatic rings. The quantitative estimate of drug-likeness (QED) is 0.743. The highest BCUT2D eigenvalue weighted by atomic mass is 16.5. The van der Waals surface area contributed by atoms with Gasteiger partial charge in [0, 0.05) is 55.3 Å². The lowest BCUT2D eigenvalue weighted by Gasteiger charge is -2.39. The van der Waals surface area contributed by atoms with Crippen molar-refractivity contribution in [3.05, 3.63) is 36.0 Å². The van der Waals surface area contributed by atoms with Crippen molar-refractivity contribution in [1.82, 2.24) is 14.8 Å². The zero-order valence-corrected chi connectivity index (χ0v) is 18.8. The van der Waals surface area contributed by atoms with Crippen LogP contribution in [0, 0.1) is 0 Å². The van der Waals surface area contributed by atoms with Crippen LogP contribution in [0.15, 0.2) is 30.5 Å². The van der Waals surface area contributed by atoms with Gasteiger partial charge in [-0.15, -0.1) is 0 Å². The first kappa shape index (κ1) is 21.0. The highest BCUT2D eigenvalue weighted by Crippen LogP contribution is 2.39. The Kier molecular flexibility index (Phi) is 6.33. The minimum absolute atomic E-state index is 0.311. The summed E-state index contributed by atoms with van der Waals surface area (Å²) in [4.78, 5) is 21.2. The second-order valence-corrected chi connectivity index (χ2v) is 9.86. The molecule has 0 unspecified atom stereocenters. The molecule has 5 rings (SSSR count). The first-order valence-corrected chi connectivity index (χ1v) is 12.4. The fourth-order valence-corrected chi connectivity index (χ4v) is 6.23. The predicted octanol–water partition coefficient (Wildman–Crippen LogP) is 4.52. The monoisotopic (exact) mass is 423 g/mol. The van der Waals surface area contributed by atoms with Gasteiger partial charge in [0.1, 0.15) is 0 Å². The van der Waals surface area contributed by atoms with E-state index in [0.29, 0.717) is 24.0 Å². The summed E-state index contributed by atoms with van der Waals surface area (Å²) in [5.74, 6) is 0.348. The molecular formula is C26H37N3O2. The second-order valence-electron chi connectivity index (χ2n) is 9.86. The molecule has 1 amide bonds. The van der Waals surface area contributed by atoms with E-state index in [2.05, 4.69) is 45.2 Å². The number of hydrogen-bond acceptors (Lipinski definition) is 3. The molecule has 168 valence electrons. The Labute approximate surface area is 186 Å². The Morgan fingerprint density at radius 1 is 1.10 bits per heavy atom. The van der Waals surface area contributed by atoms with Crippen molar-refractivity contribution < 1.29 is 9.53 Å². The van der Waals surface area contributed by atoms with Gasteiger partial charge < -0.3 is 14.6 Å². The van der Waals surface area contributed by atoms with Gasteiger partial charge in [-0.2, -0.15) is 0 Å². The summed E-state index contributed by atoms with van der Waals surface area (Å²) in [5.41, 5.74) is 2.82. The molecule has 0 aliphatic carbocycles. The topological polar surface area (TPSA) is 48.6 Å². The fourth-order valence-electron chi connectivity index (χ4n) is 6.23. The second kappa shape index (κ2) is 9.33. The van der Waals surface area contributed by atoms with Crippen molar-refractivity contribution in [1.29, 1.82) is 0 Å². The zero-order chi connectivity index (χ0) is 21.1. The van der Waals surface area contributed by atoms with E-state index in [0.717, 1.165) is 51.9 Å². The van der Waals surface area contributed by atoms with E-state index in [1.807, 2.05) is 0 Å². The van der Waals surface area contributed by atoms with Crippen LogP contribution in [0.2, 0.25) is 0 Å². The molecule has 3 aliphatic heterocycles. The molecule has 1 N–H and O–H groups in total. The number of hydrogen-bond donors (Lipinski definition) is 1. The van der Waals surface area contributed by atoms with Gasteiger partial charge in [0.2, 0.25) is 5.91 Å². The maximum Gasteiger partial charge on any atom is 0.222 e. The molecular weight excluding hydrogens is 386 g/mol. The molecule has 3 fully saturated rings. The van der Waals surface area contributed by atoms with Crippen LogP contribution in [0.3, 0.4) is 0 Å². The first-order chi connectivity index (χ1) is 15.2. The van der Waals surface area contributed by atoms with Crippen LogP contribution in [0.5, 0.6) is 0 Å². The summed E-state index contributed by atoms with van der Waals surface area (Å²) in [5, 5.41) is 1.29. The first-order valence-electron chi connectivity index (χ1n) is 12.4. The van der Waals surface area contributed by atoms with Crippen LogP contribution in [-0.4, -0.2) is 65.1 Å². The lowest BCUT2D eigenvalue weighted by Crippen LogP contribution is -2.47. The zero-order valence-electron chi connectivity index (χ0n) is 18.8. The van der Waals surface area contributed by atoms with E-state index < -0.39 is 0 Å². The number of aryl methyl sites for hydroxylation is 1. The van der Waals surface area contributed by atoms with Gasteiger partial charge in [0.05, 0.1) is 6.10 Å². The smallest absolute Gasteiger partial charge is 0.222 e. The summed E-state index contributed by atoms with van der Waals surface area (Å²) in [6.07, 6.45) is 13.6. The number of rotatable bonds is 6. The largest absolute Gasteiger partial charge is 0.377 e. The summed E-state index contributed by atoms with van der Waals surface area (Å²) >= 11 is 0. The normalized spacial score (nSPS) is 27.4. The number of para-hydroxylation sites is 1. The number of benzene rings is 1. The Hall–Kier alpha value is -1.85. The Morgan fingerprint density at radius 2 is 1.97 bits per heavy atom. The molecule has 5 nitrogen and oxygen atoms in total. The third-order valence-corrected chi connectivity index (χ3v) is 7.97. The molecule has 1 aromatic heterocycles. The fraction of sp³-hybridized carbons (Fsp3) is 0.654. The number of likely N-dealkylation sites (tertiary alicyclic amines) is 2. The number of nitrogens with zero attached hydrogens (tertiary/aromatic N) is 2. The third kappa shape index (κ3) is 4.54. The van der Waals surface area contributed by atoms with Crippen LogP contribution >= 0.6 is 0 Å². The van der Waals surface area contributed by atoms with Crippen molar-refractivity contribution in [2.24, 2.45) is 0 Å². The molecule has 0 radical (unpaired) electrons. The summed E-state index contributed by atoms with van der Waals surface area (Å²) < 4.78 is 5.93. The maximum absolute atomic E-state index is 13.0. The Bertz CT molecular complexity index is 888. The molecule has 1 spiro atoms. The molecule has 0 bridgehead atoms. The molecule has 5 heteroatoms. The van der Waals surface area contributed by atoms with E-state index in [1.54, 1.807) is 0 Å². The highest BCUT2D eigenvalue weighted by Gasteiger charge is 2.43. The van der Waals surface area contributed by atoms with Gasteiger partial charge in [-0.3, -0.25) is 9.69 Å². The van der Waals surface area contributed by atoms with E-state index in [9.17, 15) is 4.79 Å². The van der Waals surface area contributed by atoms with Gasteiger partial charge >= 0.3 is 0 Å². The van der Waals surface area contributed by atoms with Crippen LogP contribution in [0.1, 0.15) is 63.4 Å². The van der Waals surface area contributed by atoms with Crippen LogP contribution in [0.25, 0.3) is 10.9 Å². The van der Waals surface area contributed by atoms with Gasteiger partial charge in [-0.25, -0.2) is 0 Å². The minimum atomic E-state index is 0.311. The van der Waals surface area contributed by atoms with Gasteiger partial charge in [0.15, 0.2) is 0 Å².